The predicted molar refractivity (Wildman–Crippen MR) is 251 cm³/mol. The van der Waals surface area contributed by atoms with E-state index in [0.717, 1.165) is 51.4 Å². The minimum Gasteiger partial charge on any atom is -0.324 e. The Kier molecular flexibility index (Phi) is 41.9. The van der Waals surface area contributed by atoms with Crippen LogP contribution in [0.25, 0.3) is 0 Å². The fourth-order valence-electron chi connectivity index (χ4n) is 8.67. The van der Waals surface area contributed by atoms with Gasteiger partial charge < -0.3 is 19.2 Å². The Morgan fingerprint density at radius 1 is 0.316 bits per heavy atom. The molecule has 0 saturated heterocycles. The van der Waals surface area contributed by atoms with Crippen molar-refractivity contribution in [3.05, 3.63) is 0 Å². The Hall–Kier alpha value is 0.300. The number of hydrogen-bond acceptors (Lipinski definition) is 3. The first-order valence-electron chi connectivity index (χ1n) is 25.7. The zero-order valence-electron chi connectivity index (χ0n) is 38.8. The van der Waals surface area contributed by atoms with E-state index in [-0.39, 0.29) is 19.4 Å². The zero-order chi connectivity index (χ0) is 42.0. The topological polar surface area (TPSA) is 104 Å². The van der Waals surface area contributed by atoms with E-state index in [0.29, 0.717) is 19.3 Å². The lowest BCUT2D eigenvalue weighted by Gasteiger charge is -2.37. The summed E-state index contributed by atoms with van der Waals surface area (Å²) >= 11 is 0. The van der Waals surface area contributed by atoms with Crippen molar-refractivity contribution in [3.63, 3.8) is 0 Å². The van der Waals surface area contributed by atoms with Crippen LogP contribution in [0.1, 0.15) is 303 Å². The molecule has 0 saturated carbocycles. The van der Waals surface area contributed by atoms with E-state index in [1.807, 2.05) is 0 Å². The molecule has 0 aromatic carbocycles. The van der Waals surface area contributed by atoms with Crippen molar-refractivity contribution in [2.75, 3.05) is 6.61 Å². The van der Waals surface area contributed by atoms with Crippen LogP contribution in [-0.4, -0.2) is 26.2 Å². The second-order valence-corrected chi connectivity index (χ2v) is 22.6. The van der Waals surface area contributed by atoms with E-state index in [9.17, 15) is 23.8 Å². The Morgan fingerprint density at radius 3 is 0.719 bits per heavy atom. The molecule has 2 unspecified atom stereocenters. The van der Waals surface area contributed by atoms with Crippen LogP contribution >= 0.6 is 15.2 Å². The molecule has 0 aliphatic rings. The van der Waals surface area contributed by atoms with E-state index in [4.69, 9.17) is 4.52 Å². The van der Waals surface area contributed by atoms with E-state index in [1.165, 1.54) is 199 Å². The van der Waals surface area contributed by atoms with Crippen molar-refractivity contribution >= 4 is 15.2 Å². The third-order valence-corrected chi connectivity index (χ3v) is 17.8. The molecule has 0 aromatic heterocycles. The largest absolute Gasteiger partial charge is 0.346 e. The molecular formula is C49H102O6P2. The molecule has 8 heteroatoms. The average Bonchev–Trinajstić information content (AvgIpc) is 3.18. The highest BCUT2D eigenvalue weighted by Gasteiger charge is 2.60. The number of rotatable bonds is 48. The van der Waals surface area contributed by atoms with E-state index in [1.54, 1.807) is 0 Å². The molecule has 0 rings (SSSR count). The first kappa shape index (κ1) is 57.3. The average molecular weight is 849 g/mol. The van der Waals surface area contributed by atoms with Gasteiger partial charge in [-0.15, -0.1) is 0 Å². The maximum atomic E-state index is 14.0. The van der Waals surface area contributed by atoms with Gasteiger partial charge in [0.1, 0.15) is 0 Å². The Morgan fingerprint density at radius 2 is 0.509 bits per heavy atom. The monoisotopic (exact) mass is 849 g/mol. The molecule has 0 bridgehead atoms. The Balaban J connectivity index is 4.69. The van der Waals surface area contributed by atoms with Crippen LogP contribution in [0, 0.1) is 0 Å². The molecule has 0 amide bonds. The highest BCUT2D eigenvalue weighted by molar-refractivity contribution is 7.72. The lowest BCUT2D eigenvalue weighted by molar-refractivity contribution is 0.222. The van der Waals surface area contributed by atoms with Gasteiger partial charge in [0.2, 0.25) is 0 Å². The van der Waals surface area contributed by atoms with Gasteiger partial charge in [-0.05, 0) is 19.3 Å². The summed E-state index contributed by atoms with van der Waals surface area (Å²) in [5.41, 5.74) is 0. The van der Waals surface area contributed by atoms with E-state index in [2.05, 4.69) is 20.8 Å². The molecule has 0 aliphatic heterocycles. The summed E-state index contributed by atoms with van der Waals surface area (Å²) in [6.45, 7) is 6.87. The minimum absolute atomic E-state index is 0.0552. The summed E-state index contributed by atoms with van der Waals surface area (Å²) in [5.74, 6) is 0. The first-order valence-corrected chi connectivity index (χ1v) is 28.9. The lowest BCUT2D eigenvalue weighted by Crippen LogP contribution is -2.30. The standard InChI is InChI=1S/C49H102O6P2/c1-4-7-10-13-16-19-22-24-26-28-30-33-36-39-42-45-48-55-57(53,54)49(56(50,51)52,46-43-40-37-34-31-21-18-15-12-9-6-3)47-44-41-38-35-32-29-27-25-23-20-17-14-11-8-5-2/h4-48H2,1-3H3,(H,53,54)(H2,50,51,52). The maximum absolute atomic E-state index is 14.0. The smallest absolute Gasteiger partial charge is 0.324 e. The van der Waals surface area contributed by atoms with Gasteiger partial charge in [-0.25, -0.2) is 0 Å². The van der Waals surface area contributed by atoms with Crippen LogP contribution in [-0.2, 0) is 13.7 Å². The van der Waals surface area contributed by atoms with E-state index >= 15 is 0 Å². The molecule has 6 nitrogen and oxygen atoms in total. The van der Waals surface area contributed by atoms with E-state index < -0.39 is 20.1 Å². The minimum atomic E-state index is -4.93. The fraction of sp³-hybridized carbons (Fsp3) is 1.00. The van der Waals surface area contributed by atoms with Crippen LogP contribution in [0.15, 0.2) is 0 Å². The van der Waals surface area contributed by atoms with Crippen molar-refractivity contribution in [3.8, 4) is 0 Å². The van der Waals surface area contributed by atoms with Crippen molar-refractivity contribution in [2.24, 2.45) is 0 Å². The van der Waals surface area contributed by atoms with Gasteiger partial charge in [0.25, 0.3) is 0 Å². The third-order valence-electron chi connectivity index (χ3n) is 12.7. The van der Waals surface area contributed by atoms with Crippen LogP contribution < -0.4 is 0 Å². The molecule has 2 atom stereocenters. The van der Waals surface area contributed by atoms with Gasteiger partial charge in [0.15, 0.2) is 4.90 Å². The summed E-state index contributed by atoms with van der Waals surface area (Å²) in [4.78, 5) is 31.0. The van der Waals surface area contributed by atoms with Crippen molar-refractivity contribution in [2.45, 2.75) is 308 Å². The van der Waals surface area contributed by atoms with Crippen LogP contribution in [0.3, 0.4) is 0 Å². The molecule has 344 valence electrons. The summed E-state index contributed by atoms with van der Waals surface area (Å²) in [6, 6.07) is 0. The third kappa shape index (κ3) is 33.6. The molecular weight excluding hydrogens is 746 g/mol. The van der Waals surface area contributed by atoms with Gasteiger partial charge >= 0.3 is 15.2 Å². The Labute approximate surface area is 357 Å². The molecule has 3 N–H and O–H groups in total. The van der Waals surface area contributed by atoms with Crippen LogP contribution in [0.2, 0.25) is 0 Å². The van der Waals surface area contributed by atoms with Crippen LogP contribution in [0.4, 0.5) is 0 Å². The summed E-state index contributed by atoms with van der Waals surface area (Å²) in [7, 11) is -9.50. The van der Waals surface area contributed by atoms with Gasteiger partial charge in [0, 0.05) is 0 Å². The quantitative estimate of drug-likeness (QED) is 0.0416. The van der Waals surface area contributed by atoms with Gasteiger partial charge in [-0.1, -0.05) is 284 Å². The van der Waals surface area contributed by atoms with Crippen molar-refractivity contribution in [1.29, 1.82) is 0 Å². The summed E-state index contributed by atoms with van der Waals surface area (Å²) in [6.07, 6.45) is 50.6. The maximum Gasteiger partial charge on any atom is 0.346 e. The summed E-state index contributed by atoms with van der Waals surface area (Å²) in [5, 5.41) is 0. The molecule has 57 heavy (non-hydrogen) atoms. The second-order valence-electron chi connectivity index (χ2n) is 18.2. The zero-order valence-corrected chi connectivity index (χ0v) is 40.6. The fourth-order valence-corrected chi connectivity index (χ4v) is 12.6. The second kappa shape index (κ2) is 41.6. The number of unbranched alkanes of at least 4 members (excludes halogenated alkanes) is 39. The normalized spacial score (nSPS) is 14.3. The highest BCUT2D eigenvalue weighted by atomic mass is 31.2. The van der Waals surface area contributed by atoms with Crippen molar-refractivity contribution < 1.29 is 28.3 Å². The summed E-state index contributed by atoms with van der Waals surface area (Å²) < 4.78 is 32.9. The number of hydrogen-bond donors (Lipinski definition) is 3. The lowest BCUT2D eigenvalue weighted by atomic mass is 10.0. The molecule has 0 spiro atoms. The molecule has 0 aromatic rings. The molecule has 0 heterocycles. The van der Waals surface area contributed by atoms with Crippen molar-refractivity contribution in [1.82, 2.24) is 0 Å². The molecule has 0 aliphatic carbocycles. The molecule has 0 radical (unpaired) electrons. The highest BCUT2D eigenvalue weighted by Crippen LogP contribution is 2.75. The van der Waals surface area contributed by atoms with Crippen LogP contribution in [0.5, 0.6) is 0 Å². The van der Waals surface area contributed by atoms with Gasteiger partial charge in [-0.2, -0.15) is 0 Å². The predicted octanol–water partition coefficient (Wildman–Crippen LogP) is 18.3. The molecule has 0 fully saturated rings. The SMILES string of the molecule is CCCCCCCCCCCCCCCCCCOP(=O)(O)C(CCCCCCCCCCCCC)(CCCCCCCCCCCCCCCCC)P(=O)(O)O. The van der Waals surface area contributed by atoms with Gasteiger partial charge in [0.05, 0.1) is 6.61 Å². The first-order chi connectivity index (χ1) is 27.7. The van der Waals surface area contributed by atoms with Gasteiger partial charge in [-0.3, -0.25) is 9.13 Å². The Bertz CT molecular complexity index is 910.